The third kappa shape index (κ3) is 4.20. The van der Waals surface area contributed by atoms with Crippen LogP contribution in [0, 0.1) is 3.57 Å². The third-order valence-corrected chi connectivity index (χ3v) is 3.72. The molecule has 2 aromatic carbocycles. The standard InChI is InChI=1S/C16H15IN2O3/c1-10(20)18-12-4-6-13(7-5-12)19-16(21)11-3-8-15(22-2)14(17)9-11/h3-9H,1-2H3,(H,18,20)(H,19,21). The molecule has 22 heavy (non-hydrogen) atoms. The Labute approximate surface area is 142 Å². The minimum atomic E-state index is -0.201. The van der Waals surface area contributed by atoms with Crippen molar-refractivity contribution in [2.24, 2.45) is 0 Å². The van der Waals surface area contributed by atoms with E-state index in [9.17, 15) is 9.59 Å². The number of hydrogen-bond acceptors (Lipinski definition) is 3. The number of nitrogens with one attached hydrogen (secondary N) is 2. The van der Waals surface area contributed by atoms with Gasteiger partial charge in [0.05, 0.1) is 10.7 Å². The van der Waals surface area contributed by atoms with Crippen molar-refractivity contribution in [3.63, 3.8) is 0 Å². The van der Waals surface area contributed by atoms with Crippen LogP contribution in [0.3, 0.4) is 0 Å². The highest BCUT2D eigenvalue weighted by molar-refractivity contribution is 14.1. The first-order chi connectivity index (χ1) is 10.5. The van der Waals surface area contributed by atoms with E-state index in [2.05, 4.69) is 33.2 Å². The minimum absolute atomic E-state index is 0.135. The summed E-state index contributed by atoms with van der Waals surface area (Å²) >= 11 is 2.12. The lowest BCUT2D eigenvalue weighted by Gasteiger charge is -2.08. The van der Waals surface area contributed by atoms with E-state index in [1.54, 1.807) is 49.6 Å². The molecule has 2 aromatic rings. The number of rotatable bonds is 4. The molecular weight excluding hydrogens is 395 g/mol. The number of amides is 2. The molecule has 0 fully saturated rings. The van der Waals surface area contributed by atoms with Gasteiger partial charge in [-0.2, -0.15) is 0 Å². The molecule has 114 valence electrons. The summed E-state index contributed by atoms with van der Waals surface area (Å²) in [4.78, 5) is 23.2. The fraction of sp³-hybridized carbons (Fsp3) is 0.125. The van der Waals surface area contributed by atoms with E-state index < -0.39 is 0 Å². The molecule has 0 spiro atoms. The fourth-order valence-corrected chi connectivity index (χ4v) is 2.59. The summed E-state index contributed by atoms with van der Waals surface area (Å²) in [6, 6.07) is 12.2. The molecule has 2 rings (SSSR count). The van der Waals surface area contributed by atoms with E-state index in [4.69, 9.17) is 4.74 Å². The van der Waals surface area contributed by atoms with Gasteiger partial charge in [0.15, 0.2) is 0 Å². The van der Waals surface area contributed by atoms with Crippen LogP contribution in [-0.2, 0) is 4.79 Å². The molecule has 0 bridgehead atoms. The first kappa shape index (κ1) is 16.3. The van der Waals surface area contributed by atoms with Crippen molar-refractivity contribution in [2.75, 3.05) is 17.7 Å². The van der Waals surface area contributed by atoms with E-state index in [0.29, 0.717) is 16.9 Å². The van der Waals surface area contributed by atoms with Gasteiger partial charge in [0.1, 0.15) is 5.75 Å². The maximum atomic E-state index is 12.2. The van der Waals surface area contributed by atoms with Crippen molar-refractivity contribution >= 4 is 45.8 Å². The maximum Gasteiger partial charge on any atom is 0.255 e. The quantitative estimate of drug-likeness (QED) is 0.759. The molecule has 0 aliphatic heterocycles. The van der Waals surface area contributed by atoms with Gasteiger partial charge in [0, 0.05) is 23.9 Å². The SMILES string of the molecule is COc1ccc(C(=O)Nc2ccc(NC(C)=O)cc2)cc1I. The van der Waals surface area contributed by atoms with Crippen LogP contribution in [0.15, 0.2) is 42.5 Å². The van der Waals surface area contributed by atoms with E-state index in [0.717, 1.165) is 9.32 Å². The van der Waals surface area contributed by atoms with Crippen LogP contribution < -0.4 is 15.4 Å². The second-order valence-corrected chi connectivity index (χ2v) is 5.72. The van der Waals surface area contributed by atoms with Crippen molar-refractivity contribution in [3.05, 3.63) is 51.6 Å². The van der Waals surface area contributed by atoms with Crippen LogP contribution in [0.25, 0.3) is 0 Å². The summed E-state index contributed by atoms with van der Waals surface area (Å²) < 4.78 is 6.04. The molecule has 0 unspecified atom stereocenters. The summed E-state index contributed by atoms with van der Waals surface area (Å²) in [5, 5.41) is 5.48. The molecule has 2 amide bonds. The summed E-state index contributed by atoms with van der Waals surface area (Å²) in [5.41, 5.74) is 1.89. The summed E-state index contributed by atoms with van der Waals surface area (Å²) in [5.74, 6) is 0.397. The van der Waals surface area contributed by atoms with Crippen molar-refractivity contribution in [1.29, 1.82) is 0 Å². The first-order valence-electron chi connectivity index (χ1n) is 6.52. The Bertz CT molecular complexity index is 699. The van der Waals surface area contributed by atoms with Gasteiger partial charge in [-0.05, 0) is 65.1 Å². The lowest BCUT2D eigenvalue weighted by molar-refractivity contribution is -0.114. The lowest BCUT2D eigenvalue weighted by Crippen LogP contribution is -2.12. The molecule has 0 heterocycles. The Hall–Kier alpha value is -2.09. The second kappa shape index (κ2) is 7.26. The zero-order valence-electron chi connectivity index (χ0n) is 12.1. The van der Waals surface area contributed by atoms with Gasteiger partial charge in [0.25, 0.3) is 5.91 Å². The Morgan fingerprint density at radius 1 is 1.00 bits per heavy atom. The Kier molecular flexibility index (Phi) is 5.37. The monoisotopic (exact) mass is 410 g/mol. The van der Waals surface area contributed by atoms with Crippen LogP contribution in [-0.4, -0.2) is 18.9 Å². The van der Waals surface area contributed by atoms with Gasteiger partial charge in [0.2, 0.25) is 5.91 Å². The molecule has 0 saturated heterocycles. The average molecular weight is 410 g/mol. The normalized spacial score (nSPS) is 9.95. The number of anilines is 2. The number of carbonyl (C=O) groups is 2. The van der Waals surface area contributed by atoms with Gasteiger partial charge in [-0.15, -0.1) is 0 Å². The minimum Gasteiger partial charge on any atom is -0.496 e. The number of ether oxygens (including phenoxy) is 1. The highest BCUT2D eigenvalue weighted by Crippen LogP contribution is 2.22. The van der Waals surface area contributed by atoms with Gasteiger partial charge in [-0.1, -0.05) is 0 Å². The van der Waals surface area contributed by atoms with Crippen molar-refractivity contribution in [2.45, 2.75) is 6.92 Å². The van der Waals surface area contributed by atoms with Crippen LogP contribution in [0.2, 0.25) is 0 Å². The molecule has 0 aliphatic rings. The van der Waals surface area contributed by atoms with Crippen molar-refractivity contribution in [3.8, 4) is 5.75 Å². The molecule has 0 radical (unpaired) electrons. The van der Waals surface area contributed by atoms with Crippen LogP contribution in [0.1, 0.15) is 17.3 Å². The highest BCUT2D eigenvalue weighted by Gasteiger charge is 2.09. The molecular formula is C16H15IN2O3. The number of benzene rings is 2. The highest BCUT2D eigenvalue weighted by atomic mass is 127. The van der Waals surface area contributed by atoms with Crippen molar-refractivity contribution < 1.29 is 14.3 Å². The Balaban J connectivity index is 2.08. The van der Waals surface area contributed by atoms with Crippen LogP contribution >= 0.6 is 22.6 Å². The van der Waals surface area contributed by atoms with Crippen LogP contribution in [0.4, 0.5) is 11.4 Å². The average Bonchev–Trinajstić information content (AvgIpc) is 2.48. The fourth-order valence-electron chi connectivity index (χ4n) is 1.85. The van der Waals surface area contributed by atoms with Gasteiger partial charge >= 0.3 is 0 Å². The number of halogens is 1. The predicted octanol–water partition coefficient (Wildman–Crippen LogP) is 3.51. The number of hydrogen-bond donors (Lipinski definition) is 2. The zero-order chi connectivity index (χ0) is 16.1. The van der Waals surface area contributed by atoms with E-state index >= 15 is 0 Å². The third-order valence-electron chi connectivity index (χ3n) is 2.88. The lowest BCUT2D eigenvalue weighted by atomic mass is 10.2. The van der Waals surface area contributed by atoms with Crippen LogP contribution in [0.5, 0.6) is 5.75 Å². The largest absolute Gasteiger partial charge is 0.496 e. The number of carbonyl (C=O) groups excluding carboxylic acids is 2. The summed E-state index contributed by atoms with van der Waals surface area (Å²) in [6.07, 6.45) is 0. The van der Waals surface area contributed by atoms with Gasteiger partial charge in [-0.25, -0.2) is 0 Å². The molecule has 0 saturated carbocycles. The molecule has 0 aromatic heterocycles. The van der Waals surface area contributed by atoms with E-state index in [1.165, 1.54) is 6.92 Å². The predicted molar refractivity (Wildman–Crippen MR) is 94.4 cm³/mol. The van der Waals surface area contributed by atoms with Gasteiger partial charge < -0.3 is 15.4 Å². The topological polar surface area (TPSA) is 67.4 Å². The first-order valence-corrected chi connectivity index (χ1v) is 7.60. The molecule has 5 nitrogen and oxygen atoms in total. The van der Waals surface area contributed by atoms with E-state index in [1.807, 2.05) is 0 Å². The van der Waals surface area contributed by atoms with Crippen molar-refractivity contribution in [1.82, 2.24) is 0 Å². The smallest absolute Gasteiger partial charge is 0.255 e. The molecule has 6 heteroatoms. The summed E-state index contributed by atoms with van der Waals surface area (Å²) in [7, 11) is 1.59. The zero-order valence-corrected chi connectivity index (χ0v) is 14.3. The molecule has 0 atom stereocenters. The Morgan fingerprint density at radius 3 is 2.09 bits per heavy atom. The Morgan fingerprint density at radius 2 is 1.59 bits per heavy atom. The molecule has 2 N–H and O–H groups in total. The number of methoxy groups -OCH3 is 1. The van der Waals surface area contributed by atoms with Gasteiger partial charge in [-0.3, -0.25) is 9.59 Å². The summed E-state index contributed by atoms with van der Waals surface area (Å²) in [6.45, 7) is 1.45. The second-order valence-electron chi connectivity index (χ2n) is 4.56. The maximum absolute atomic E-state index is 12.2. The van der Waals surface area contributed by atoms with E-state index in [-0.39, 0.29) is 11.8 Å². The molecule has 0 aliphatic carbocycles.